The van der Waals surface area contributed by atoms with E-state index in [1.165, 1.54) is 0 Å². The van der Waals surface area contributed by atoms with E-state index in [9.17, 15) is 145 Å². The number of hydrogen-bond donors (Lipinski definition) is 1. The quantitative estimate of drug-likeness (QED) is 0.157. The summed E-state index contributed by atoms with van der Waals surface area (Å²) in [5.74, 6) is -148. The molecule has 0 saturated heterocycles. The van der Waals surface area contributed by atoms with Gasteiger partial charge >= 0.3 is 101 Å². The molecule has 0 aromatic rings. The van der Waals surface area contributed by atoms with Gasteiger partial charge in [0, 0.05) is 0 Å². The Kier molecular flexibility index (Phi) is 11.0. The van der Waals surface area contributed by atoms with Crippen molar-refractivity contribution in [3.8, 4) is 0 Å². The molecule has 34 heteroatoms. The molecule has 0 saturated carbocycles. The van der Waals surface area contributed by atoms with Gasteiger partial charge in [0.1, 0.15) is 0 Å². The van der Waals surface area contributed by atoms with Gasteiger partial charge in [0.15, 0.2) is 0 Å². The zero-order chi connectivity index (χ0) is 42.7. The van der Waals surface area contributed by atoms with Crippen LogP contribution in [0.3, 0.4) is 0 Å². The van der Waals surface area contributed by atoms with Crippen molar-refractivity contribution >= 4 is 5.97 Å². The predicted octanol–water partition coefficient (Wildman–Crippen LogP) is 9.87. The van der Waals surface area contributed by atoms with E-state index in [4.69, 9.17) is 5.11 Å². The third kappa shape index (κ3) is 5.28. The topological polar surface area (TPSA) is 37.3 Å². The van der Waals surface area contributed by atoms with Crippen molar-refractivity contribution in [3.05, 3.63) is 0 Å². The highest BCUT2D eigenvalue weighted by Crippen LogP contribution is 2.69. The first-order chi connectivity index (χ1) is 21.4. The molecule has 51 heavy (non-hydrogen) atoms. The summed E-state index contributed by atoms with van der Waals surface area (Å²) in [6.07, 6.45) is -6.49. The van der Waals surface area contributed by atoms with E-state index >= 15 is 0 Å². The molecule has 0 heterocycles. The third-order valence-corrected chi connectivity index (χ3v) is 6.09. The van der Waals surface area contributed by atoms with E-state index in [2.05, 4.69) is 0 Å². The second-order valence-corrected chi connectivity index (χ2v) is 9.27. The number of aliphatic carboxylic acids is 1. The molecule has 0 fully saturated rings. The van der Waals surface area contributed by atoms with Crippen LogP contribution in [0.5, 0.6) is 0 Å². The van der Waals surface area contributed by atoms with Gasteiger partial charge < -0.3 is 5.11 Å². The minimum Gasteiger partial charge on any atom is -0.477 e. The van der Waals surface area contributed by atoms with E-state index in [0.29, 0.717) is 0 Å². The Hall–Kier alpha value is -2.77. The Labute approximate surface area is 253 Å². The average molecular weight is 846 g/mol. The average Bonchev–Trinajstić information content (AvgIpc) is 2.90. The monoisotopic (exact) mass is 846 g/mol. The highest BCUT2D eigenvalue weighted by Gasteiger charge is 3.01. The molecule has 306 valence electrons. The van der Waals surface area contributed by atoms with Crippen molar-refractivity contribution in [1.82, 2.24) is 0 Å². The largest absolute Gasteiger partial charge is 0.477 e. The minimum atomic E-state index is -10.2. The van der Waals surface area contributed by atoms with Crippen molar-refractivity contribution < 1.29 is 150 Å². The fraction of sp³-hybridized carbons (Fsp3) is 0.941. The molecular weight excluding hydrogens is 844 g/mol. The Morgan fingerprint density at radius 3 is 0.569 bits per heavy atom. The van der Waals surface area contributed by atoms with Gasteiger partial charge in [0.05, 0.1) is 0 Å². The fourth-order valence-corrected chi connectivity index (χ4v) is 2.85. The standard InChI is InChI=1S/C17H2F32O2/c18-1(19)3(20,21)5(24,25)7(28,29)9(32,33)11(36,37)13(40,41)15(44,45)17(48,49)16(46,47)14(42,43)12(38,39)10(34,35)8(30,31)6(26,27)4(22,23)2(50)51/h1H,(H,50,51). The van der Waals surface area contributed by atoms with Gasteiger partial charge in [-0.25, -0.2) is 13.6 Å². The summed E-state index contributed by atoms with van der Waals surface area (Å²) in [5, 5.41) is 7.66. The lowest BCUT2D eigenvalue weighted by Crippen LogP contribution is -2.79. The number of carboxylic acids is 1. The van der Waals surface area contributed by atoms with Crippen LogP contribution < -0.4 is 0 Å². The number of alkyl halides is 32. The van der Waals surface area contributed by atoms with Crippen LogP contribution in [0.15, 0.2) is 0 Å². The molecule has 0 bridgehead atoms. The molecule has 2 nitrogen and oxygen atoms in total. The van der Waals surface area contributed by atoms with Crippen molar-refractivity contribution in [3.63, 3.8) is 0 Å². The second kappa shape index (κ2) is 11.6. The lowest BCUT2D eigenvalue weighted by Gasteiger charge is -2.46. The summed E-state index contributed by atoms with van der Waals surface area (Å²) >= 11 is 0. The second-order valence-electron chi connectivity index (χ2n) is 9.27. The first-order valence-corrected chi connectivity index (χ1v) is 10.6. The van der Waals surface area contributed by atoms with Crippen LogP contribution in [-0.4, -0.2) is 106 Å². The van der Waals surface area contributed by atoms with E-state index in [-0.39, 0.29) is 0 Å². The van der Waals surface area contributed by atoms with Crippen LogP contribution in [0.25, 0.3) is 0 Å². The maximum absolute atomic E-state index is 13.8. The smallest absolute Gasteiger partial charge is 0.410 e. The molecule has 0 unspecified atom stereocenters. The third-order valence-electron chi connectivity index (χ3n) is 6.09. The molecule has 0 aliphatic heterocycles. The minimum absolute atomic E-state index is 4.82. The maximum atomic E-state index is 13.8. The first kappa shape index (κ1) is 48.2. The molecule has 0 aliphatic carbocycles. The lowest BCUT2D eigenvalue weighted by molar-refractivity contribution is -0.487. The Bertz CT molecular complexity index is 1300. The summed E-state index contributed by atoms with van der Waals surface area (Å²) < 4.78 is 427. The molecule has 1 N–H and O–H groups in total. The van der Waals surface area contributed by atoms with E-state index in [0.717, 1.165) is 0 Å². The normalized spacial score (nSPS) is 17.0. The van der Waals surface area contributed by atoms with Crippen molar-refractivity contribution in [2.24, 2.45) is 0 Å². The highest BCUT2D eigenvalue weighted by molar-refractivity contribution is 5.77. The van der Waals surface area contributed by atoms with Crippen LogP contribution >= 0.6 is 0 Å². The fourth-order valence-electron chi connectivity index (χ4n) is 2.85. The van der Waals surface area contributed by atoms with Crippen LogP contribution in [0.4, 0.5) is 140 Å². The summed E-state index contributed by atoms with van der Waals surface area (Å²) in [5.41, 5.74) is 0. The SMILES string of the molecule is O=C(O)C(F)(F)C(F)(F)C(F)(F)C(F)(F)C(F)(F)C(F)(F)C(F)(F)C(F)(F)C(F)(F)C(F)(F)C(F)(F)C(F)(F)C(F)(F)C(F)(F)C(F)(F)C(F)F. The van der Waals surface area contributed by atoms with E-state index in [1.807, 2.05) is 0 Å². The van der Waals surface area contributed by atoms with Crippen LogP contribution in [0, 0.1) is 0 Å². The molecule has 0 spiro atoms. The first-order valence-electron chi connectivity index (χ1n) is 10.6. The van der Waals surface area contributed by atoms with E-state index < -0.39 is 101 Å². The van der Waals surface area contributed by atoms with Gasteiger partial charge in [-0.1, -0.05) is 0 Å². The molecule has 0 aromatic heterocycles. The summed E-state index contributed by atoms with van der Waals surface area (Å²) in [6, 6.07) is 0. The van der Waals surface area contributed by atoms with Gasteiger partial charge in [-0.2, -0.15) is 132 Å². The molecule has 0 rings (SSSR count). The van der Waals surface area contributed by atoms with Crippen molar-refractivity contribution in [2.75, 3.05) is 0 Å². The Morgan fingerprint density at radius 1 is 0.294 bits per heavy atom. The van der Waals surface area contributed by atoms with Crippen LogP contribution in [0.2, 0.25) is 0 Å². The van der Waals surface area contributed by atoms with Gasteiger partial charge in [-0.15, -0.1) is 0 Å². The van der Waals surface area contributed by atoms with E-state index in [1.54, 1.807) is 0 Å². The molecule has 0 aliphatic rings. The van der Waals surface area contributed by atoms with Gasteiger partial charge in [0.25, 0.3) is 0 Å². The summed E-state index contributed by atoms with van der Waals surface area (Å²) in [6.45, 7) is 0. The number of carboxylic acid groups (broad SMARTS) is 1. The van der Waals surface area contributed by atoms with Crippen molar-refractivity contribution in [2.45, 2.75) is 95.3 Å². The van der Waals surface area contributed by atoms with Crippen molar-refractivity contribution in [1.29, 1.82) is 0 Å². The zero-order valence-corrected chi connectivity index (χ0v) is 21.5. The zero-order valence-electron chi connectivity index (χ0n) is 21.5. The van der Waals surface area contributed by atoms with Gasteiger partial charge in [0.2, 0.25) is 0 Å². The van der Waals surface area contributed by atoms with Crippen LogP contribution in [0.1, 0.15) is 0 Å². The lowest BCUT2D eigenvalue weighted by atomic mass is 9.82. The number of halogens is 32. The van der Waals surface area contributed by atoms with Gasteiger partial charge in [-0.05, 0) is 0 Å². The maximum Gasteiger partial charge on any atom is 0.410 e. The van der Waals surface area contributed by atoms with Gasteiger partial charge in [-0.3, -0.25) is 0 Å². The molecule has 0 aromatic carbocycles. The summed E-state index contributed by atoms with van der Waals surface area (Å²) in [4.78, 5) is 9.94. The number of carbonyl (C=O) groups is 1. The highest BCUT2D eigenvalue weighted by atomic mass is 19.4. The molecule has 0 radical (unpaired) electrons. The summed E-state index contributed by atoms with van der Waals surface area (Å²) in [7, 11) is 0. The number of hydrogen-bond acceptors (Lipinski definition) is 1. The number of rotatable bonds is 16. The predicted molar refractivity (Wildman–Crippen MR) is 87.8 cm³/mol. The Balaban J connectivity index is 7.72. The Morgan fingerprint density at radius 2 is 0.431 bits per heavy atom. The molecular formula is C17H2F32O2. The van der Waals surface area contributed by atoms with Crippen LogP contribution in [-0.2, 0) is 4.79 Å². The molecule has 0 atom stereocenters. The molecule has 0 amide bonds.